The number of anilines is 1. The fourth-order valence-electron chi connectivity index (χ4n) is 2.47. The highest BCUT2D eigenvalue weighted by Crippen LogP contribution is 2.19. The van der Waals surface area contributed by atoms with Gasteiger partial charge in [0.05, 0.1) is 13.0 Å². The number of aryl methyl sites for hydroxylation is 1. The third-order valence-corrected chi connectivity index (χ3v) is 4.68. The monoisotopic (exact) mass is 354 g/mol. The van der Waals surface area contributed by atoms with Crippen molar-refractivity contribution in [3.8, 4) is 0 Å². The second-order valence-corrected chi connectivity index (χ2v) is 6.56. The van der Waals surface area contributed by atoms with Crippen molar-refractivity contribution in [1.82, 2.24) is 15.5 Å². The number of hydrogen-bond acceptors (Lipinski definition) is 5. The van der Waals surface area contributed by atoms with Gasteiger partial charge >= 0.3 is 0 Å². The van der Waals surface area contributed by atoms with Gasteiger partial charge in [0.1, 0.15) is 5.01 Å². The molecule has 3 rings (SSSR count). The van der Waals surface area contributed by atoms with E-state index in [1.165, 1.54) is 11.3 Å². The Hall–Kier alpha value is -2.80. The van der Waals surface area contributed by atoms with E-state index in [1.807, 2.05) is 49.4 Å². The molecule has 0 aliphatic heterocycles. The van der Waals surface area contributed by atoms with E-state index in [0.717, 1.165) is 27.8 Å². The van der Waals surface area contributed by atoms with Gasteiger partial charge < -0.3 is 5.32 Å². The normalized spacial score (nSPS) is 10.6. The molecular formula is C18H18N4O2S. The molecule has 1 heterocycles. The average molecular weight is 354 g/mol. The largest absolute Gasteiger partial charge is 0.347 e. The maximum atomic E-state index is 12.1. The Morgan fingerprint density at radius 2 is 1.84 bits per heavy atom. The fraction of sp³-hybridized carbons (Fsp3) is 0.222. The van der Waals surface area contributed by atoms with Crippen LogP contribution in [0.3, 0.4) is 0 Å². The third kappa shape index (κ3) is 4.39. The number of nitrogens with zero attached hydrogens (tertiary/aromatic N) is 2. The van der Waals surface area contributed by atoms with Gasteiger partial charge in [0.25, 0.3) is 0 Å². The number of amides is 2. The van der Waals surface area contributed by atoms with Crippen LogP contribution >= 0.6 is 11.3 Å². The fourth-order valence-corrected chi connectivity index (χ4v) is 3.17. The molecule has 0 bridgehead atoms. The number of aromatic nitrogens is 2. The number of fused-ring (bicyclic) bond motifs is 1. The van der Waals surface area contributed by atoms with E-state index in [-0.39, 0.29) is 24.8 Å². The zero-order chi connectivity index (χ0) is 17.6. The number of carbonyl (C=O) groups is 2. The van der Waals surface area contributed by atoms with Crippen molar-refractivity contribution in [3.05, 3.63) is 53.0 Å². The van der Waals surface area contributed by atoms with Crippen LogP contribution in [0.2, 0.25) is 0 Å². The minimum atomic E-state index is -0.315. The van der Waals surface area contributed by atoms with Crippen LogP contribution in [0, 0.1) is 0 Å². The van der Waals surface area contributed by atoms with Gasteiger partial charge in [-0.15, -0.1) is 10.2 Å². The number of hydrogen-bond donors (Lipinski definition) is 2. The van der Waals surface area contributed by atoms with E-state index in [9.17, 15) is 9.59 Å². The molecule has 25 heavy (non-hydrogen) atoms. The maximum Gasteiger partial charge on any atom is 0.245 e. The first-order chi connectivity index (χ1) is 12.2. The molecule has 7 heteroatoms. The first-order valence-electron chi connectivity index (χ1n) is 8.01. The molecule has 0 radical (unpaired) electrons. The summed E-state index contributed by atoms with van der Waals surface area (Å²) in [5.41, 5.74) is 0.938. The summed E-state index contributed by atoms with van der Waals surface area (Å²) in [7, 11) is 0. The Kier molecular flexibility index (Phi) is 5.35. The SMILES string of the molecule is CCc1nnc(NC(=O)CNC(=O)Cc2cccc3ccccc23)s1. The molecule has 2 amide bonds. The Labute approximate surface area is 149 Å². The predicted octanol–water partition coefficient (Wildman–Crippen LogP) is 2.55. The smallest absolute Gasteiger partial charge is 0.245 e. The Morgan fingerprint density at radius 3 is 2.64 bits per heavy atom. The van der Waals surface area contributed by atoms with Crippen molar-refractivity contribution in [2.24, 2.45) is 0 Å². The van der Waals surface area contributed by atoms with E-state index in [4.69, 9.17) is 0 Å². The number of nitrogens with one attached hydrogen (secondary N) is 2. The van der Waals surface area contributed by atoms with Gasteiger partial charge in [0.15, 0.2) is 0 Å². The molecule has 0 atom stereocenters. The minimum Gasteiger partial charge on any atom is -0.347 e. The molecule has 0 spiro atoms. The molecule has 0 fully saturated rings. The van der Waals surface area contributed by atoms with E-state index < -0.39 is 0 Å². The van der Waals surface area contributed by atoms with Crippen molar-refractivity contribution in [2.75, 3.05) is 11.9 Å². The standard InChI is InChI=1S/C18H18N4O2S/c1-2-17-21-22-18(25-17)20-16(24)11-19-15(23)10-13-8-5-7-12-6-3-4-9-14(12)13/h3-9H,2,10-11H2,1H3,(H,19,23)(H,20,22,24). The summed E-state index contributed by atoms with van der Waals surface area (Å²) < 4.78 is 0. The van der Waals surface area contributed by atoms with Crippen LogP contribution in [0.25, 0.3) is 10.8 Å². The zero-order valence-electron chi connectivity index (χ0n) is 13.8. The Balaban J connectivity index is 1.54. The van der Waals surface area contributed by atoms with Crippen molar-refractivity contribution in [3.63, 3.8) is 0 Å². The molecule has 1 aromatic heterocycles. The molecule has 0 saturated carbocycles. The summed E-state index contributed by atoms with van der Waals surface area (Å²) >= 11 is 1.33. The van der Waals surface area contributed by atoms with Crippen LogP contribution in [0.15, 0.2) is 42.5 Å². The Morgan fingerprint density at radius 1 is 1.04 bits per heavy atom. The summed E-state index contributed by atoms with van der Waals surface area (Å²) in [6.07, 6.45) is 1.00. The molecule has 0 aliphatic rings. The second kappa shape index (κ2) is 7.85. The summed E-state index contributed by atoms with van der Waals surface area (Å²) in [6.45, 7) is 1.88. The first-order valence-corrected chi connectivity index (χ1v) is 8.83. The molecule has 2 aromatic carbocycles. The average Bonchev–Trinajstić information content (AvgIpc) is 3.08. The van der Waals surface area contributed by atoms with E-state index in [1.54, 1.807) is 0 Å². The number of carbonyl (C=O) groups excluding carboxylic acids is 2. The van der Waals surface area contributed by atoms with Gasteiger partial charge in [-0.05, 0) is 22.8 Å². The summed E-state index contributed by atoms with van der Waals surface area (Å²) in [6, 6.07) is 13.8. The molecule has 0 saturated heterocycles. The molecule has 2 N–H and O–H groups in total. The molecule has 6 nitrogen and oxygen atoms in total. The molecule has 0 aliphatic carbocycles. The van der Waals surface area contributed by atoms with Gasteiger partial charge in [0.2, 0.25) is 16.9 Å². The van der Waals surface area contributed by atoms with E-state index >= 15 is 0 Å². The van der Waals surface area contributed by atoms with Gasteiger partial charge in [-0.25, -0.2) is 0 Å². The van der Waals surface area contributed by atoms with E-state index in [2.05, 4.69) is 20.8 Å². The van der Waals surface area contributed by atoms with Gasteiger partial charge in [-0.2, -0.15) is 0 Å². The van der Waals surface area contributed by atoms with Crippen LogP contribution in [-0.4, -0.2) is 28.6 Å². The highest BCUT2D eigenvalue weighted by Gasteiger charge is 2.10. The zero-order valence-corrected chi connectivity index (χ0v) is 14.6. The topological polar surface area (TPSA) is 84.0 Å². The van der Waals surface area contributed by atoms with Gasteiger partial charge in [0, 0.05) is 0 Å². The molecule has 3 aromatic rings. The highest BCUT2D eigenvalue weighted by atomic mass is 32.1. The van der Waals surface area contributed by atoms with Crippen LogP contribution in [0.4, 0.5) is 5.13 Å². The highest BCUT2D eigenvalue weighted by molar-refractivity contribution is 7.15. The summed E-state index contributed by atoms with van der Waals surface area (Å²) in [4.78, 5) is 24.0. The van der Waals surface area contributed by atoms with Crippen molar-refractivity contribution in [1.29, 1.82) is 0 Å². The lowest BCUT2D eigenvalue weighted by molar-refractivity contribution is -0.123. The lowest BCUT2D eigenvalue weighted by atomic mass is 10.0. The Bertz CT molecular complexity index is 901. The lowest BCUT2D eigenvalue weighted by Gasteiger charge is -2.07. The van der Waals surface area contributed by atoms with Crippen LogP contribution < -0.4 is 10.6 Å². The number of rotatable bonds is 6. The van der Waals surface area contributed by atoms with Gasteiger partial charge in [-0.1, -0.05) is 60.7 Å². The maximum absolute atomic E-state index is 12.1. The first kappa shape index (κ1) is 17.0. The summed E-state index contributed by atoms with van der Waals surface area (Å²) in [5.74, 6) is -0.511. The van der Waals surface area contributed by atoms with Gasteiger partial charge in [-0.3, -0.25) is 14.9 Å². The van der Waals surface area contributed by atoms with Crippen molar-refractivity contribution in [2.45, 2.75) is 19.8 Å². The molecule has 128 valence electrons. The predicted molar refractivity (Wildman–Crippen MR) is 98.6 cm³/mol. The van der Waals surface area contributed by atoms with Crippen molar-refractivity contribution < 1.29 is 9.59 Å². The molecular weight excluding hydrogens is 336 g/mol. The van der Waals surface area contributed by atoms with Crippen LogP contribution in [0.5, 0.6) is 0 Å². The second-order valence-electron chi connectivity index (χ2n) is 5.49. The minimum absolute atomic E-state index is 0.0926. The van der Waals surface area contributed by atoms with Crippen LogP contribution in [-0.2, 0) is 22.4 Å². The number of benzene rings is 2. The van der Waals surface area contributed by atoms with E-state index in [0.29, 0.717) is 5.13 Å². The quantitative estimate of drug-likeness (QED) is 0.712. The third-order valence-electron chi connectivity index (χ3n) is 3.69. The van der Waals surface area contributed by atoms with Crippen LogP contribution in [0.1, 0.15) is 17.5 Å². The molecule has 0 unspecified atom stereocenters. The summed E-state index contributed by atoms with van der Waals surface area (Å²) in [5, 5.41) is 16.5. The lowest BCUT2D eigenvalue weighted by Crippen LogP contribution is -2.33. The van der Waals surface area contributed by atoms with Crippen molar-refractivity contribution >= 4 is 39.1 Å².